The van der Waals surface area contributed by atoms with Gasteiger partial charge in [0.1, 0.15) is 6.23 Å². The van der Waals surface area contributed by atoms with Gasteiger partial charge in [-0.25, -0.2) is 0 Å². The minimum absolute atomic E-state index is 0.175. The first-order valence-corrected chi connectivity index (χ1v) is 3.16. The van der Waals surface area contributed by atoms with Crippen molar-refractivity contribution in [1.82, 2.24) is 4.90 Å². The quantitative estimate of drug-likeness (QED) is 0.541. The third kappa shape index (κ3) is 4.39. The van der Waals surface area contributed by atoms with Crippen LogP contribution in [0.2, 0.25) is 0 Å². The fourth-order valence-electron chi connectivity index (χ4n) is 0.388. The van der Waals surface area contributed by atoms with Crippen molar-refractivity contribution in [2.45, 2.75) is 13.2 Å². The van der Waals surface area contributed by atoms with Gasteiger partial charge in [-0.05, 0) is 21.0 Å². The Bertz CT molecular complexity index is 66.1. The van der Waals surface area contributed by atoms with Crippen LogP contribution in [0.1, 0.15) is 6.92 Å². The van der Waals surface area contributed by atoms with Gasteiger partial charge in [0.25, 0.3) is 0 Å². The van der Waals surface area contributed by atoms with Crippen molar-refractivity contribution >= 4 is 0 Å². The largest absolute Gasteiger partial charge is 0.362 e. The summed E-state index contributed by atoms with van der Waals surface area (Å²) < 4.78 is 5.25. The van der Waals surface area contributed by atoms with Crippen LogP contribution in [-0.4, -0.2) is 38.4 Å². The van der Waals surface area contributed by atoms with Gasteiger partial charge in [-0.15, -0.1) is 0 Å². The zero-order valence-corrected chi connectivity index (χ0v) is 6.42. The van der Waals surface area contributed by atoms with Crippen molar-refractivity contribution < 1.29 is 4.74 Å². The van der Waals surface area contributed by atoms with Gasteiger partial charge in [-0.2, -0.15) is 0 Å². The monoisotopic (exact) mass is 132 g/mol. The maximum Gasteiger partial charge on any atom is 0.107 e. The third-order valence-electron chi connectivity index (χ3n) is 1.20. The lowest BCUT2D eigenvalue weighted by atomic mass is 10.6. The second kappa shape index (κ2) is 4.73. The van der Waals surface area contributed by atoms with E-state index < -0.39 is 0 Å². The van der Waals surface area contributed by atoms with Gasteiger partial charge in [0, 0.05) is 6.54 Å². The standard InChI is InChI=1S/C6H16N2O/c1-6(8(2)3)9-5-4-7/h6H,4-5,7H2,1-3H3. The van der Waals surface area contributed by atoms with E-state index in [1.807, 2.05) is 25.9 Å². The predicted molar refractivity (Wildman–Crippen MR) is 38.2 cm³/mol. The summed E-state index contributed by atoms with van der Waals surface area (Å²) in [5.74, 6) is 0. The highest BCUT2D eigenvalue weighted by atomic mass is 16.5. The van der Waals surface area contributed by atoms with Crippen LogP contribution in [-0.2, 0) is 4.74 Å². The van der Waals surface area contributed by atoms with E-state index in [1.165, 1.54) is 0 Å². The van der Waals surface area contributed by atoms with Crippen molar-refractivity contribution in [3.8, 4) is 0 Å². The van der Waals surface area contributed by atoms with Crippen molar-refractivity contribution in [1.29, 1.82) is 0 Å². The molecule has 2 N–H and O–H groups in total. The first-order chi connectivity index (χ1) is 4.18. The Morgan fingerprint density at radius 3 is 2.44 bits per heavy atom. The maximum atomic E-state index is 5.25. The molecule has 0 spiro atoms. The highest BCUT2D eigenvalue weighted by Crippen LogP contribution is 1.91. The molecule has 0 saturated heterocycles. The molecule has 0 aromatic rings. The van der Waals surface area contributed by atoms with Gasteiger partial charge in [0.2, 0.25) is 0 Å². The van der Waals surface area contributed by atoms with Crippen molar-refractivity contribution in [2.24, 2.45) is 5.73 Å². The molecule has 3 nitrogen and oxygen atoms in total. The summed E-state index contributed by atoms with van der Waals surface area (Å²) in [5.41, 5.74) is 5.23. The molecule has 9 heavy (non-hydrogen) atoms. The Morgan fingerprint density at radius 2 is 2.11 bits per heavy atom. The minimum atomic E-state index is 0.175. The summed E-state index contributed by atoms with van der Waals surface area (Å²) in [6.07, 6.45) is 0.175. The average Bonchev–Trinajstić information content (AvgIpc) is 1.82. The van der Waals surface area contributed by atoms with E-state index in [9.17, 15) is 0 Å². The van der Waals surface area contributed by atoms with Gasteiger partial charge < -0.3 is 10.5 Å². The first-order valence-electron chi connectivity index (χ1n) is 3.16. The Kier molecular flexibility index (Phi) is 4.67. The van der Waals surface area contributed by atoms with Crippen molar-refractivity contribution in [3.05, 3.63) is 0 Å². The number of nitrogens with zero attached hydrogens (tertiary/aromatic N) is 1. The van der Waals surface area contributed by atoms with Crippen LogP contribution in [0.3, 0.4) is 0 Å². The van der Waals surface area contributed by atoms with Crippen LogP contribution in [0.5, 0.6) is 0 Å². The van der Waals surface area contributed by atoms with Crippen molar-refractivity contribution in [2.75, 3.05) is 27.2 Å². The van der Waals surface area contributed by atoms with Crippen LogP contribution in [0, 0.1) is 0 Å². The van der Waals surface area contributed by atoms with Crippen LogP contribution in [0.15, 0.2) is 0 Å². The fourth-order valence-corrected chi connectivity index (χ4v) is 0.388. The third-order valence-corrected chi connectivity index (χ3v) is 1.20. The summed E-state index contributed by atoms with van der Waals surface area (Å²) in [5, 5.41) is 0. The molecule has 0 saturated carbocycles. The topological polar surface area (TPSA) is 38.5 Å². The number of hydrogen-bond acceptors (Lipinski definition) is 3. The highest BCUT2D eigenvalue weighted by Gasteiger charge is 2.01. The SMILES string of the molecule is CC(OCCN)N(C)C. The highest BCUT2D eigenvalue weighted by molar-refractivity contribution is 4.43. The molecule has 1 atom stereocenters. The molecule has 0 amide bonds. The van der Waals surface area contributed by atoms with E-state index in [-0.39, 0.29) is 6.23 Å². The second-order valence-corrected chi connectivity index (χ2v) is 2.22. The normalized spacial score (nSPS) is 14.3. The Hall–Kier alpha value is -0.120. The first kappa shape index (κ1) is 8.88. The minimum Gasteiger partial charge on any atom is -0.362 e. The molecule has 0 aliphatic rings. The van der Waals surface area contributed by atoms with Gasteiger partial charge in [-0.3, -0.25) is 4.90 Å². The van der Waals surface area contributed by atoms with Crippen LogP contribution in [0.25, 0.3) is 0 Å². The van der Waals surface area contributed by atoms with E-state index in [0.29, 0.717) is 13.2 Å². The molecule has 1 unspecified atom stereocenters. The molecule has 0 rings (SSSR count). The second-order valence-electron chi connectivity index (χ2n) is 2.22. The summed E-state index contributed by atoms with van der Waals surface area (Å²) in [6, 6.07) is 0. The molecule has 0 bridgehead atoms. The number of hydrogen-bond donors (Lipinski definition) is 1. The van der Waals surface area contributed by atoms with Gasteiger partial charge in [-0.1, -0.05) is 0 Å². The van der Waals surface area contributed by atoms with E-state index in [0.717, 1.165) is 0 Å². The maximum absolute atomic E-state index is 5.25. The van der Waals surface area contributed by atoms with Crippen LogP contribution in [0.4, 0.5) is 0 Å². The van der Waals surface area contributed by atoms with E-state index in [4.69, 9.17) is 10.5 Å². The molecule has 56 valence electrons. The molecule has 0 aliphatic carbocycles. The van der Waals surface area contributed by atoms with Gasteiger partial charge in [0.05, 0.1) is 6.61 Å². The van der Waals surface area contributed by atoms with E-state index in [1.54, 1.807) is 0 Å². The summed E-state index contributed by atoms with van der Waals surface area (Å²) in [6.45, 7) is 3.23. The van der Waals surface area contributed by atoms with E-state index in [2.05, 4.69) is 0 Å². The lowest BCUT2D eigenvalue weighted by molar-refractivity contribution is -0.0187. The number of rotatable bonds is 4. The summed E-state index contributed by atoms with van der Waals surface area (Å²) in [7, 11) is 3.95. The smallest absolute Gasteiger partial charge is 0.107 e. The Labute approximate surface area is 56.8 Å². The summed E-state index contributed by atoms with van der Waals surface area (Å²) >= 11 is 0. The van der Waals surface area contributed by atoms with Crippen LogP contribution < -0.4 is 5.73 Å². The zero-order valence-electron chi connectivity index (χ0n) is 6.42. The molecule has 3 heteroatoms. The Morgan fingerprint density at radius 1 is 1.56 bits per heavy atom. The van der Waals surface area contributed by atoms with Crippen LogP contribution >= 0.6 is 0 Å². The molecule has 0 heterocycles. The number of ether oxygens (including phenoxy) is 1. The Balaban J connectivity index is 3.16. The molecule has 0 aliphatic heterocycles. The molecule has 0 aromatic carbocycles. The predicted octanol–water partition coefficient (Wildman–Crippen LogP) is -0.131. The summed E-state index contributed by atoms with van der Waals surface area (Å²) in [4.78, 5) is 2.00. The fraction of sp³-hybridized carbons (Fsp3) is 1.00. The van der Waals surface area contributed by atoms with E-state index >= 15 is 0 Å². The van der Waals surface area contributed by atoms with Crippen molar-refractivity contribution in [3.63, 3.8) is 0 Å². The molecular formula is C6H16N2O. The van der Waals surface area contributed by atoms with Gasteiger partial charge in [0.15, 0.2) is 0 Å². The lowest BCUT2D eigenvalue weighted by Gasteiger charge is -2.19. The molecular weight excluding hydrogens is 116 g/mol. The lowest BCUT2D eigenvalue weighted by Crippen LogP contribution is -2.29. The zero-order chi connectivity index (χ0) is 7.28. The van der Waals surface area contributed by atoms with Gasteiger partial charge >= 0.3 is 0 Å². The molecule has 0 aromatic heterocycles. The number of nitrogens with two attached hydrogens (primary N) is 1. The average molecular weight is 132 g/mol. The molecule has 0 fully saturated rings. The molecule has 0 radical (unpaired) electrons.